The molecule has 0 aliphatic carbocycles. The average molecular weight is 378 g/mol. The molecule has 0 amide bonds. The molecule has 8 heteroatoms. The number of aromatic nitrogens is 1. The van der Waals surface area contributed by atoms with Gasteiger partial charge in [0, 0.05) is 0 Å². The van der Waals surface area contributed by atoms with E-state index in [-0.39, 0.29) is 4.90 Å². The SMILES string of the molecule is CCOc1ccc2nc(NS(=O)(=O)c3ccc(C)cc3OC)sc2c1. The largest absolute Gasteiger partial charge is 0.495 e. The molecule has 3 aromatic rings. The van der Waals surface area contributed by atoms with Crippen LogP contribution in [-0.2, 0) is 10.0 Å². The van der Waals surface area contributed by atoms with Crippen LogP contribution in [0.25, 0.3) is 10.2 Å². The lowest BCUT2D eigenvalue weighted by molar-refractivity contribution is 0.341. The van der Waals surface area contributed by atoms with Gasteiger partial charge in [-0.3, -0.25) is 4.72 Å². The number of nitrogens with one attached hydrogen (secondary N) is 1. The quantitative estimate of drug-likeness (QED) is 0.706. The van der Waals surface area contributed by atoms with Crippen LogP contribution in [0.4, 0.5) is 5.13 Å². The first-order valence-electron chi connectivity index (χ1n) is 7.64. The van der Waals surface area contributed by atoms with E-state index in [1.165, 1.54) is 24.5 Å². The van der Waals surface area contributed by atoms with Gasteiger partial charge in [0.25, 0.3) is 10.0 Å². The number of ether oxygens (including phenoxy) is 2. The maximum atomic E-state index is 12.7. The lowest BCUT2D eigenvalue weighted by Crippen LogP contribution is -2.14. The Balaban J connectivity index is 1.94. The molecule has 0 radical (unpaired) electrons. The van der Waals surface area contributed by atoms with Crippen LogP contribution in [0.3, 0.4) is 0 Å². The van der Waals surface area contributed by atoms with E-state index in [0.717, 1.165) is 16.0 Å². The first-order chi connectivity index (χ1) is 11.9. The van der Waals surface area contributed by atoms with Crippen molar-refractivity contribution in [3.63, 3.8) is 0 Å². The predicted octanol–water partition coefficient (Wildman–Crippen LogP) is 3.81. The third-order valence-corrected chi connectivity index (χ3v) is 5.94. The van der Waals surface area contributed by atoms with Gasteiger partial charge in [-0.05, 0) is 49.7 Å². The normalized spacial score (nSPS) is 11.5. The molecule has 1 N–H and O–H groups in total. The highest BCUT2D eigenvalue weighted by Gasteiger charge is 2.21. The van der Waals surface area contributed by atoms with Gasteiger partial charge in [0.2, 0.25) is 0 Å². The number of anilines is 1. The monoisotopic (exact) mass is 378 g/mol. The molecule has 3 rings (SSSR count). The van der Waals surface area contributed by atoms with Crippen LogP contribution in [0.15, 0.2) is 41.3 Å². The molecule has 6 nitrogen and oxygen atoms in total. The van der Waals surface area contributed by atoms with Gasteiger partial charge in [0.15, 0.2) is 5.13 Å². The lowest BCUT2D eigenvalue weighted by atomic mass is 10.2. The van der Waals surface area contributed by atoms with E-state index in [9.17, 15) is 8.42 Å². The van der Waals surface area contributed by atoms with Gasteiger partial charge in [0.1, 0.15) is 16.4 Å². The van der Waals surface area contributed by atoms with E-state index in [1.807, 2.05) is 26.0 Å². The zero-order valence-corrected chi connectivity index (χ0v) is 15.7. The minimum Gasteiger partial charge on any atom is -0.495 e. The number of hydrogen-bond acceptors (Lipinski definition) is 6. The van der Waals surface area contributed by atoms with Crippen LogP contribution in [-0.4, -0.2) is 27.1 Å². The van der Waals surface area contributed by atoms with Gasteiger partial charge in [-0.15, -0.1) is 0 Å². The third kappa shape index (κ3) is 3.69. The van der Waals surface area contributed by atoms with E-state index in [0.29, 0.717) is 23.0 Å². The summed E-state index contributed by atoms with van der Waals surface area (Å²) in [5.41, 5.74) is 1.63. The van der Waals surface area contributed by atoms with Crippen molar-refractivity contribution in [2.75, 3.05) is 18.4 Å². The van der Waals surface area contributed by atoms with E-state index in [4.69, 9.17) is 9.47 Å². The highest BCUT2D eigenvalue weighted by molar-refractivity contribution is 7.93. The van der Waals surface area contributed by atoms with Crippen molar-refractivity contribution in [2.24, 2.45) is 0 Å². The van der Waals surface area contributed by atoms with Crippen LogP contribution < -0.4 is 14.2 Å². The molecule has 25 heavy (non-hydrogen) atoms. The van der Waals surface area contributed by atoms with E-state index in [2.05, 4.69) is 9.71 Å². The van der Waals surface area contributed by atoms with Crippen molar-refractivity contribution in [1.29, 1.82) is 0 Å². The summed E-state index contributed by atoms with van der Waals surface area (Å²) >= 11 is 1.25. The second-order valence-electron chi connectivity index (χ2n) is 5.34. The van der Waals surface area contributed by atoms with Crippen molar-refractivity contribution < 1.29 is 17.9 Å². The van der Waals surface area contributed by atoms with Crippen molar-refractivity contribution in [3.8, 4) is 11.5 Å². The van der Waals surface area contributed by atoms with Crippen molar-refractivity contribution in [1.82, 2.24) is 4.98 Å². The van der Waals surface area contributed by atoms with Crippen LogP contribution in [0.1, 0.15) is 12.5 Å². The summed E-state index contributed by atoms with van der Waals surface area (Å²) in [6.07, 6.45) is 0. The van der Waals surface area contributed by atoms with Crippen LogP contribution in [0.2, 0.25) is 0 Å². The Morgan fingerprint density at radius 3 is 2.72 bits per heavy atom. The van der Waals surface area contributed by atoms with E-state index in [1.54, 1.807) is 18.2 Å². The maximum absolute atomic E-state index is 12.7. The number of hydrogen-bond donors (Lipinski definition) is 1. The second-order valence-corrected chi connectivity index (χ2v) is 8.02. The number of rotatable bonds is 6. The molecular weight excluding hydrogens is 360 g/mol. The summed E-state index contributed by atoms with van der Waals surface area (Å²) < 4.78 is 39.4. The second kappa shape index (κ2) is 6.89. The highest BCUT2D eigenvalue weighted by atomic mass is 32.2. The molecule has 0 unspecified atom stereocenters. The number of nitrogens with zero attached hydrogens (tertiary/aromatic N) is 1. The van der Waals surface area contributed by atoms with Crippen molar-refractivity contribution >= 4 is 36.7 Å². The summed E-state index contributed by atoms with van der Waals surface area (Å²) in [4.78, 5) is 4.41. The number of thiazole rings is 1. The zero-order chi connectivity index (χ0) is 18.0. The smallest absolute Gasteiger partial charge is 0.267 e. The Kier molecular flexibility index (Phi) is 4.82. The molecular formula is C17H18N2O4S2. The van der Waals surface area contributed by atoms with E-state index >= 15 is 0 Å². The Morgan fingerprint density at radius 2 is 2.00 bits per heavy atom. The first-order valence-corrected chi connectivity index (χ1v) is 9.94. The van der Waals surface area contributed by atoms with Crippen LogP contribution in [0.5, 0.6) is 11.5 Å². The maximum Gasteiger partial charge on any atom is 0.267 e. The van der Waals surface area contributed by atoms with Crippen molar-refractivity contribution in [2.45, 2.75) is 18.7 Å². The summed E-state index contributed by atoms with van der Waals surface area (Å²) in [5.74, 6) is 1.03. The Bertz CT molecular complexity index is 1010. The molecule has 0 saturated carbocycles. The third-order valence-electron chi connectivity index (χ3n) is 3.50. The molecule has 0 aliphatic rings. The zero-order valence-electron chi connectivity index (χ0n) is 14.1. The summed E-state index contributed by atoms with van der Waals surface area (Å²) in [6.45, 7) is 4.35. The molecule has 0 bridgehead atoms. The molecule has 0 aliphatic heterocycles. The number of fused-ring (bicyclic) bond motifs is 1. The first kappa shape index (κ1) is 17.5. The fourth-order valence-corrected chi connectivity index (χ4v) is 4.65. The average Bonchev–Trinajstić information content (AvgIpc) is 2.95. The Hall–Kier alpha value is -2.32. The summed E-state index contributed by atoms with van der Waals surface area (Å²) in [6, 6.07) is 10.4. The lowest BCUT2D eigenvalue weighted by Gasteiger charge is -2.10. The molecule has 1 aromatic heterocycles. The van der Waals surface area contributed by atoms with E-state index < -0.39 is 10.0 Å². The minimum atomic E-state index is -3.80. The van der Waals surface area contributed by atoms with Crippen LogP contribution >= 0.6 is 11.3 Å². The summed E-state index contributed by atoms with van der Waals surface area (Å²) in [5, 5.41) is 0.297. The van der Waals surface area contributed by atoms with Gasteiger partial charge in [0.05, 0.1) is 23.9 Å². The summed E-state index contributed by atoms with van der Waals surface area (Å²) in [7, 11) is -2.35. The Labute approximate surface area is 150 Å². The number of benzene rings is 2. The number of methoxy groups -OCH3 is 1. The van der Waals surface area contributed by atoms with Crippen molar-refractivity contribution in [3.05, 3.63) is 42.0 Å². The van der Waals surface area contributed by atoms with Gasteiger partial charge < -0.3 is 9.47 Å². The standard InChI is InChI=1S/C17H18N2O4S2/c1-4-23-12-6-7-13-15(10-12)24-17(18-13)19-25(20,21)16-8-5-11(2)9-14(16)22-3/h5-10H,4H2,1-3H3,(H,18,19). The van der Waals surface area contributed by atoms with Crippen LogP contribution in [0, 0.1) is 6.92 Å². The number of aryl methyl sites for hydroxylation is 1. The molecule has 2 aromatic carbocycles. The molecule has 0 fully saturated rings. The highest BCUT2D eigenvalue weighted by Crippen LogP contribution is 2.32. The molecule has 0 saturated heterocycles. The predicted molar refractivity (Wildman–Crippen MR) is 99.3 cm³/mol. The van der Waals surface area contributed by atoms with Gasteiger partial charge >= 0.3 is 0 Å². The molecule has 1 heterocycles. The molecule has 132 valence electrons. The Morgan fingerprint density at radius 1 is 1.20 bits per heavy atom. The van der Waals surface area contributed by atoms with Gasteiger partial charge in [-0.25, -0.2) is 13.4 Å². The molecule has 0 spiro atoms. The fraction of sp³-hybridized carbons (Fsp3) is 0.235. The minimum absolute atomic E-state index is 0.0786. The fourth-order valence-electron chi connectivity index (χ4n) is 2.37. The number of sulfonamides is 1. The van der Waals surface area contributed by atoms with Gasteiger partial charge in [-0.2, -0.15) is 0 Å². The topological polar surface area (TPSA) is 77.5 Å². The van der Waals surface area contributed by atoms with Gasteiger partial charge in [-0.1, -0.05) is 17.4 Å². The molecule has 0 atom stereocenters.